The average Bonchev–Trinajstić information content (AvgIpc) is 3.13. The SMILES string of the molecule is CC(C)COC(=O)N1C[C@H](O)C[C@H]1C(=O)NN(c1ccccc1)c1ccccc1. The van der Waals surface area contributed by atoms with Gasteiger partial charge in [0.05, 0.1) is 30.6 Å². The summed E-state index contributed by atoms with van der Waals surface area (Å²) in [5.74, 6) is -0.193. The van der Waals surface area contributed by atoms with E-state index in [0.29, 0.717) is 0 Å². The summed E-state index contributed by atoms with van der Waals surface area (Å²) in [4.78, 5) is 26.8. The molecule has 0 unspecified atom stereocenters. The van der Waals surface area contributed by atoms with Gasteiger partial charge < -0.3 is 9.84 Å². The molecule has 2 atom stereocenters. The summed E-state index contributed by atoms with van der Waals surface area (Å²) >= 11 is 0. The van der Waals surface area contributed by atoms with Gasteiger partial charge in [0.15, 0.2) is 0 Å². The molecule has 3 rings (SSSR count). The molecule has 0 saturated carbocycles. The number of anilines is 2. The minimum absolute atomic E-state index is 0.0751. The Morgan fingerprint density at radius 1 is 1.10 bits per heavy atom. The van der Waals surface area contributed by atoms with E-state index in [4.69, 9.17) is 4.74 Å². The van der Waals surface area contributed by atoms with Gasteiger partial charge in [-0.15, -0.1) is 0 Å². The molecular formula is C22H27N3O4. The fraction of sp³-hybridized carbons (Fsp3) is 0.364. The predicted molar refractivity (Wildman–Crippen MR) is 110 cm³/mol. The molecule has 7 nitrogen and oxygen atoms in total. The molecule has 1 aliphatic heterocycles. The number of amides is 2. The van der Waals surface area contributed by atoms with Gasteiger partial charge in [0.2, 0.25) is 0 Å². The topological polar surface area (TPSA) is 82.1 Å². The number of para-hydroxylation sites is 2. The normalized spacial score (nSPS) is 18.6. The van der Waals surface area contributed by atoms with Crippen LogP contribution in [-0.4, -0.2) is 47.3 Å². The molecule has 0 aliphatic carbocycles. The maximum atomic E-state index is 13.1. The van der Waals surface area contributed by atoms with Crippen LogP contribution in [0.2, 0.25) is 0 Å². The van der Waals surface area contributed by atoms with Gasteiger partial charge in [-0.25, -0.2) is 4.79 Å². The first-order chi connectivity index (χ1) is 14.0. The zero-order valence-corrected chi connectivity index (χ0v) is 16.7. The molecule has 1 fully saturated rings. The maximum Gasteiger partial charge on any atom is 0.410 e. The van der Waals surface area contributed by atoms with Crippen LogP contribution in [0, 0.1) is 5.92 Å². The summed E-state index contributed by atoms with van der Waals surface area (Å²) in [6.45, 7) is 4.22. The number of likely N-dealkylation sites (tertiary alicyclic amines) is 1. The molecule has 154 valence electrons. The van der Waals surface area contributed by atoms with Crippen molar-refractivity contribution in [1.82, 2.24) is 10.3 Å². The van der Waals surface area contributed by atoms with Crippen LogP contribution < -0.4 is 10.4 Å². The molecule has 1 saturated heterocycles. The Bertz CT molecular complexity index is 774. The van der Waals surface area contributed by atoms with Crippen molar-refractivity contribution in [3.63, 3.8) is 0 Å². The minimum atomic E-state index is -0.806. The summed E-state index contributed by atoms with van der Waals surface area (Å²) in [6, 6.07) is 18.0. The largest absolute Gasteiger partial charge is 0.449 e. The Morgan fingerprint density at radius 2 is 1.66 bits per heavy atom. The average molecular weight is 397 g/mol. The van der Waals surface area contributed by atoms with Crippen LogP contribution in [0.15, 0.2) is 60.7 Å². The van der Waals surface area contributed by atoms with Gasteiger partial charge in [0, 0.05) is 6.42 Å². The standard InChI is InChI=1S/C22H27N3O4/c1-16(2)15-29-22(28)24-14-19(26)13-20(24)21(27)23-25(17-9-5-3-6-10-17)18-11-7-4-8-12-18/h3-12,16,19-20,26H,13-15H2,1-2H3,(H,23,27)/t19-,20+/m1/s1. The van der Waals surface area contributed by atoms with Gasteiger partial charge in [0.25, 0.3) is 5.91 Å². The second-order valence-corrected chi connectivity index (χ2v) is 7.51. The smallest absolute Gasteiger partial charge is 0.410 e. The number of nitrogens with zero attached hydrogens (tertiary/aromatic N) is 2. The minimum Gasteiger partial charge on any atom is -0.449 e. The molecule has 2 amide bonds. The number of rotatable bonds is 6. The van der Waals surface area contributed by atoms with Crippen LogP contribution in [0.5, 0.6) is 0 Å². The lowest BCUT2D eigenvalue weighted by molar-refractivity contribution is -0.125. The number of hydrogen-bond acceptors (Lipinski definition) is 5. The molecule has 1 aliphatic rings. The molecule has 7 heteroatoms. The molecule has 2 N–H and O–H groups in total. The van der Waals surface area contributed by atoms with Crippen molar-refractivity contribution in [3.05, 3.63) is 60.7 Å². The Labute approximate surface area is 170 Å². The van der Waals surface area contributed by atoms with E-state index in [-0.39, 0.29) is 31.4 Å². The zero-order valence-electron chi connectivity index (χ0n) is 16.7. The first-order valence-electron chi connectivity index (χ1n) is 9.78. The van der Waals surface area contributed by atoms with Crippen LogP contribution in [0.25, 0.3) is 0 Å². The van der Waals surface area contributed by atoms with Crippen molar-refractivity contribution in [1.29, 1.82) is 0 Å². The van der Waals surface area contributed by atoms with Crippen LogP contribution >= 0.6 is 0 Å². The van der Waals surface area contributed by atoms with E-state index in [1.165, 1.54) is 4.90 Å². The van der Waals surface area contributed by atoms with Gasteiger partial charge in [-0.2, -0.15) is 0 Å². The lowest BCUT2D eigenvalue weighted by Gasteiger charge is -2.29. The molecule has 2 aromatic rings. The number of hydrazine groups is 1. The molecule has 29 heavy (non-hydrogen) atoms. The van der Waals surface area contributed by atoms with Crippen molar-refractivity contribution in [2.75, 3.05) is 18.2 Å². The van der Waals surface area contributed by atoms with E-state index >= 15 is 0 Å². The van der Waals surface area contributed by atoms with Gasteiger partial charge in [-0.1, -0.05) is 50.2 Å². The third-order valence-electron chi connectivity index (χ3n) is 4.61. The second-order valence-electron chi connectivity index (χ2n) is 7.51. The number of aliphatic hydroxyl groups excluding tert-OH is 1. The second kappa shape index (κ2) is 9.43. The quantitative estimate of drug-likeness (QED) is 0.732. The Hall–Kier alpha value is -3.06. The van der Waals surface area contributed by atoms with Crippen LogP contribution in [0.3, 0.4) is 0 Å². The first kappa shape index (κ1) is 20.7. The molecule has 2 aromatic carbocycles. The number of carbonyl (C=O) groups is 2. The number of aliphatic hydroxyl groups is 1. The van der Waals surface area contributed by atoms with Crippen LogP contribution in [-0.2, 0) is 9.53 Å². The van der Waals surface area contributed by atoms with E-state index in [1.807, 2.05) is 74.5 Å². The van der Waals surface area contributed by atoms with E-state index in [9.17, 15) is 14.7 Å². The Balaban J connectivity index is 1.78. The molecule has 1 heterocycles. The lowest BCUT2D eigenvalue weighted by atomic mass is 10.2. The molecule has 0 bridgehead atoms. The van der Waals surface area contributed by atoms with Gasteiger partial charge in [-0.3, -0.25) is 20.1 Å². The number of hydrogen-bond donors (Lipinski definition) is 2. The van der Waals surface area contributed by atoms with Crippen LogP contribution in [0.1, 0.15) is 20.3 Å². The third kappa shape index (κ3) is 5.26. The van der Waals surface area contributed by atoms with Gasteiger partial charge in [0.1, 0.15) is 6.04 Å². The fourth-order valence-electron chi connectivity index (χ4n) is 3.20. The Kier molecular flexibility index (Phi) is 6.72. The molecule has 0 radical (unpaired) electrons. The van der Waals surface area contributed by atoms with Crippen molar-refractivity contribution in [2.24, 2.45) is 5.92 Å². The van der Waals surface area contributed by atoms with E-state index in [0.717, 1.165) is 11.4 Å². The molecular weight excluding hydrogens is 370 g/mol. The predicted octanol–water partition coefficient (Wildman–Crippen LogP) is 3.08. The van der Waals surface area contributed by atoms with Crippen molar-refractivity contribution < 1.29 is 19.4 Å². The monoisotopic (exact) mass is 397 g/mol. The van der Waals surface area contributed by atoms with Crippen molar-refractivity contribution in [3.8, 4) is 0 Å². The lowest BCUT2D eigenvalue weighted by Crippen LogP contribution is -2.50. The summed E-state index contributed by atoms with van der Waals surface area (Å²) in [5.41, 5.74) is 4.45. The van der Waals surface area contributed by atoms with Gasteiger partial charge >= 0.3 is 6.09 Å². The van der Waals surface area contributed by atoms with Crippen LogP contribution in [0.4, 0.5) is 16.2 Å². The summed E-state index contributed by atoms with van der Waals surface area (Å²) < 4.78 is 5.27. The molecule has 0 spiro atoms. The highest BCUT2D eigenvalue weighted by molar-refractivity contribution is 5.88. The third-order valence-corrected chi connectivity index (χ3v) is 4.61. The number of ether oxygens (including phenoxy) is 1. The van der Waals surface area contributed by atoms with Gasteiger partial charge in [-0.05, 0) is 30.2 Å². The Morgan fingerprint density at radius 3 is 2.17 bits per heavy atom. The number of benzene rings is 2. The maximum absolute atomic E-state index is 13.1. The highest BCUT2D eigenvalue weighted by Gasteiger charge is 2.40. The summed E-state index contributed by atoms with van der Waals surface area (Å²) in [7, 11) is 0. The van der Waals surface area contributed by atoms with E-state index < -0.39 is 18.2 Å². The van der Waals surface area contributed by atoms with Crippen molar-refractivity contribution in [2.45, 2.75) is 32.4 Å². The zero-order chi connectivity index (χ0) is 20.8. The van der Waals surface area contributed by atoms with E-state index in [2.05, 4.69) is 5.43 Å². The number of nitrogens with one attached hydrogen (secondary N) is 1. The molecule has 0 aromatic heterocycles. The summed E-state index contributed by atoms with van der Waals surface area (Å²) in [6.07, 6.45) is -1.18. The highest BCUT2D eigenvalue weighted by atomic mass is 16.6. The fourth-order valence-corrected chi connectivity index (χ4v) is 3.20. The highest BCUT2D eigenvalue weighted by Crippen LogP contribution is 2.24. The number of carbonyl (C=O) groups excluding carboxylic acids is 2. The first-order valence-corrected chi connectivity index (χ1v) is 9.78. The van der Waals surface area contributed by atoms with Crippen molar-refractivity contribution >= 4 is 23.4 Å². The summed E-state index contributed by atoms with van der Waals surface area (Å²) in [5, 5.41) is 11.7. The number of β-amino-alcohol motifs (C(OH)–C–C–N with tert-alkyl or cyclic N) is 1. The van der Waals surface area contributed by atoms with E-state index in [1.54, 1.807) is 5.01 Å².